The molecular weight excluding hydrogens is 534 g/mol. The fourth-order valence-corrected chi connectivity index (χ4v) is 6.07. The average molecular weight is 552 g/mol. The van der Waals surface area contributed by atoms with Gasteiger partial charge >= 0.3 is 0 Å². The van der Waals surface area contributed by atoms with E-state index in [1.807, 2.05) is 47.8 Å². The number of nitrogens with zero attached hydrogens (tertiary/aromatic N) is 2. The third-order valence-electron chi connectivity index (χ3n) is 5.39. The fourth-order valence-electron chi connectivity index (χ4n) is 3.83. The highest BCUT2D eigenvalue weighted by atomic mass is 79.9. The number of aromatic hydroxyl groups is 1. The predicted molar refractivity (Wildman–Crippen MR) is 139 cm³/mol. The number of aromatic nitrogens is 1. The van der Waals surface area contributed by atoms with Gasteiger partial charge in [-0.3, -0.25) is 14.2 Å². The highest BCUT2D eigenvalue weighted by Gasteiger charge is 2.33. The molecule has 0 aliphatic carbocycles. The number of thiazole rings is 1. The Balaban J connectivity index is 1.67. The number of benzene rings is 2. The Hall–Kier alpha value is -3.27. The molecule has 0 saturated heterocycles. The molecule has 2 N–H and O–H groups in total. The first-order valence-corrected chi connectivity index (χ1v) is 12.8. The first kappa shape index (κ1) is 22.5. The van der Waals surface area contributed by atoms with Crippen LogP contribution in [0.5, 0.6) is 5.75 Å². The van der Waals surface area contributed by atoms with Crippen molar-refractivity contribution in [2.24, 2.45) is 4.99 Å². The largest absolute Gasteiger partial charge is 0.507 e. The molecule has 1 aliphatic heterocycles. The van der Waals surface area contributed by atoms with E-state index in [0.717, 1.165) is 9.35 Å². The summed E-state index contributed by atoms with van der Waals surface area (Å²) in [5.41, 5.74) is 1.91. The molecule has 3 heterocycles. The van der Waals surface area contributed by atoms with Crippen LogP contribution in [0.3, 0.4) is 0 Å². The smallest absolute Gasteiger partial charge is 0.271 e. The second-order valence-corrected chi connectivity index (χ2v) is 10.5. The number of phenols is 1. The monoisotopic (exact) mass is 551 g/mol. The van der Waals surface area contributed by atoms with Crippen molar-refractivity contribution in [2.75, 3.05) is 5.32 Å². The molecule has 6 nitrogen and oxygen atoms in total. The summed E-state index contributed by atoms with van der Waals surface area (Å²) in [7, 11) is 0. The van der Waals surface area contributed by atoms with E-state index < -0.39 is 6.04 Å². The highest BCUT2D eigenvalue weighted by molar-refractivity contribution is 9.10. The number of para-hydroxylation sites is 1. The van der Waals surface area contributed by atoms with E-state index >= 15 is 0 Å². The Labute approximate surface area is 211 Å². The number of rotatable bonds is 4. The molecule has 0 saturated carbocycles. The summed E-state index contributed by atoms with van der Waals surface area (Å²) in [6.07, 6.45) is 1.65. The Morgan fingerprint density at radius 1 is 1.18 bits per heavy atom. The van der Waals surface area contributed by atoms with Crippen molar-refractivity contribution in [3.63, 3.8) is 0 Å². The van der Waals surface area contributed by atoms with Crippen molar-refractivity contribution >= 4 is 56.3 Å². The molecule has 2 aromatic heterocycles. The van der Waals surface area contributed by atoms with Gasteiger partial charge in [0.1, 0.15) is 11.8 Å². The van der Waals surface area contributed by atoms with Crippen LogP contribution in [0.4, 0.5) is 5.69 Å². The number of carbonyl (C=O) groups is 1. The number of hydrogen-bond donors (Lipinski definition) is 2. The number of nitrogens with one attached hydrogen (secondary N) is 1. The topological polar surface area (TPSA) is 83.7 Å². The number of amides is 1. The second-order valence-electron chi connectivity index (χ2n) is 7.62. The van der Waals surface area contributed by atoms with Crippen molar-refractivity contribution in [1.29, 1.82) is 0 Å². The van der Waals surface area contributed by atoms with E-state index in [0.29, 0.717) is 31.9 Å². The molecule has 1 amide bonds. The van der Waals surface area contributed by atoms with Gasteiger partial charge in [0.2, 0.25) is 0 Å². The molecule has 1 atom stereocenters. The average Bonchev–Trinajstić information content (AvgIpc) is 3.45. The van der Waals surface area contributed by atoms with Gasteiger partial charge in [0.25, 0.3) is 11.5 Å². The maximum atomic E-state index is 13.6. The molecule has 2 aromatic carbocycles. The Bertz CT molecular complexity index is 1600. The van der Waals surface area contributed by atoms with Gasteiger partial charge in [0, 0.05) is 20.6 Å². The van der Waals surface area contributed by atoms with E-state index in [1.165, 1.54) is 22.7 Å². The summed E-state index contributed by atoms with van der Waals surface area (Å²) in [6.45, 7) is 1.79. The summed E-state index contributed by atoms with van der Waals surface area (Å²) >= 11 is 6.12. The maximum absolute atomic E-state index is 13.6. The van der Waals surface area contributed by atoms with Crippen LogP contribution in [0.2, 0.25) is 0 Å². The zero-order chi connectivity index (χ0) is 23.8. The van der Waals surface area contributed by atoms with Gasteiger partial charge in [-0.2, -0.15) is 0 Å². The van der Waals surface area contributed by atoms with Crippen molar-refractivity contribution in [1.82, 2.24) is 4.57 Å². The van der Waals surface area contributed by atoms with E-state index in [9.17, 15) is 14.7 Å². The lowest BCUT2D eigenvalue weighted by molar-refractivity contribution is -0.113. The maximum Gasteiger partial charge on any atom is 0.271 e. The number of hydrogen-bond acceptors (Lipinski definition) is 6. The molecule has 5 rings (SSSR count). The van der Waals surface area contributed by atoms with E-state index in [4.69, 9.17) is 0 Å². The Morgan fingerprint density at radius 3 is 2.71 bits per heavy atom. The lowest BCUT2D eigenvalue weighted by Gasteiger charge is -2.24. The molecule has 0 bridgehead atoms. The molecule has 0 spiro atoms. The zero-order valence-electron chi connectivity index (χ0n) is 17.9. The lowest BCUT2D eigenvalue weighted by Crippen LogP contribution is -2.40. The summed E-state index contributed by atoms with van der Waals surface area (Å²) in [5.74, 6) is -0.229. The van der Waals surface area contributed by atoms with Crippen LogP contribution in [0, 0.1) is 0 Å². The van der Waals surface area contributed by atoms with Crippen molar-refractivity contribution in [2.45, 2.75) is 13.0 Å². The minimum absolute atomic E-state index is 0.0722. The van der Waals surface area contributed by atoms with Gasteiger partial charge in [0.05, 0.1) is 15.8 Å². The van der Waals surface area contributed by atoms with Gasteiger partial charge in [0.15, 0.2) is 4.80 Å². The van der Waals surface area contributed by atoms with Gasteiger partial charge in [-0.15, -0.1) is 11.3 Å². The highest BCUT2D eigenvalue weighted by Crippen LogP contribution is 2.33. The van der Waals surface area contributed by atoms with Gasteiger partial charge in [-0.05, 0) is 54.8 Å². The number of allylic oxidation sites excluding steroid dienone is 1. The number of halogens is 1. The van der Waals surface area contributed by atoms with Crippen molar-refractivity contribution < 1.29 is 9.90 Å². The van der Waals surface area contributed by atoms with Gasteiger partial charge < -0.3 is 10.4 Å². The van der Waals surface area contributed by atoms with E-state index in [2.05, 4.69) is 26.2 Å². The predicted octanol–water partition coefficient (Wildman–Crippen LogP) is 4.40. The molecule has 0 fully saturated rings. The Morgan fingerprint density at radius 2 is 1.97 bits per heavy atom. The number of thiophene rings is 1. The normalized spacial score (nSPS) is 15.7. The first-order chi connectivity index (χ1) is 16.4. The SMILES string of the molecule is CC1=C(C(=O)Nc2ccccc2)C(c2cccs2)n2c(s/c(=C\c3cc(Br)ccc3O)c2=O)=N1. The number of fused-ring (bicyclic) bond motifs is 1. The van der Waals surface area contributed by atoms with Crippen LogP contribution in [0.1, 0.15) is 23.4 Å². The fraction of sp³-hybridized carbons (Fsp3) is 0.0800. The minimum Gasteiger partial charge on any atom is -0.507 e. The standard InChI is InChI=1S/C25H18BrN3O3S2/c1-14-21(23(31)28-17-6-3-2-4-7-17)22(19-8-5-11-33-19)29-24(32)20(34-25(29)27-14)13-15-12-16(26)9-10-18(15)30/h2-13,22,30H,1H3,(H,28,31)/b20-13-. The Kier molecular flexibility index (Phi) is 6.07. The zero-order valence-corrected chi connectivity index (χ0v) is 21.1. The summed E-state index contributed by atoms with van der Waals surface area (Å²) in [6, 6.07) is 17.5. The van der Waals surface area contributed by atoms with Crippen LogP contribution < -0.4 is 20.2 Å². The molecular formula is C25H18BrN3O3S2. The molecule has 1 aliphatic rings. The summed E-state index contributed by atoms with van der Waals surface area (Å²) < 4.78 is 2.78. The van der Waals surface area contributed by atoms with Gasteiger partial charge in [-0.25, -0.2) is 4.99 Å². The number of carbonyl (C=O) groups excluding carboxylic acids is 1. The summed E-state index contributed by atoms with van der Waals surface area (Å²) in [4.78, 5) is 33.0. The van der Waals surface area contributed by atoms with Crippen LogP contribution in [-0.4, -0.2) is 15.6 Å². The third-order valence-corrected chi connectivity index (χ3v) is 7.79. The van der Waals surface area contributed by atoms with Gasteiger partial charge in [-0.1, -0.05) is 51.5 Å². The van der Waals surface area contributed by atoms with Crippen LogP contribution in [0.15, 0.2) is 91.6 Å². The van der Waals surface area contributed by atoms with Crippen molar-refractivity contribution in [3.05, 3.63) is 112 Å². The van der Waals surface area contributed by atoms with Crippen LogP contribution >= 0.6 is 38.6 Å². The molecule has 4 aromatic rings. The molecule has 170 valence electrons. The summed E-state index contributed by atoms with van der Waals surface area (Å²) in [5, 5.41) is 15.1. The molecule has 1 unspecified atom stereocenters. The third kappa shape index (κ3) is 4.18. The molecule has 34 heavy (non-hydrogen) atoms. The minimum atomic E-state index is -0.599. The van der Waals surface area contributed by atoms with E-state index in [-0.39, 0.29) is 17.2 Å². The van der Waals surface area contributed by atoms with Crippen LogP contribution in [-0.2, 0) is 4.79 Å². The number of anilines is 1. The number of phenolic OH excluding ortho intramolecular Hbond substituents is 1. The lowest BCUT2D eigenvalue weighted by atomic mass is 10.0. The quantitative estimate of drug-likeness (QED) is 0.394. The van der Waals surface area contributed by atoms with Crippen LogP contribution in [0.25, 0.3) is 6.08 Å². The van der Waals surface area contributed by atoms with E-state index in [1.54, 1.807) is 35.8 Å². The van der Waals surface area contributed by atoms with Crippen molar-refractivity contribution in [3.8, 4) is 5.75 Å². The first-order valence-electron chi connectivity index (χ1n) is 10.3. The molecule has 9 heteroatoms. The molecule has 0 radical (unpaired) electrons. The second kappa shape index (κ2) is 9.17.